The minimum Gasteiger partial charge on any atom is -0.343 e. The van der Waals surface area contributed by atoms with Crippen LogP contribution < -0.4 is 5.73 Å². The molecular weight excluding hydrogens is 200 g/mol. The average Bonchev–Trinajstić information content (AvgIpc) is 2.34. The Morgan fingerprint density at radius 2 is 1.50 bits per heavy atom. The van der Waals surface area contributed by atoms with E-state index in [-0.39, 0.29) is 5.91 Å². The van der Waals surface area contributed by atoms with Gasteiger partial charge in [-0.05, 0) is 19.4 Å². The van der Waals surface area contributed by atoms with Crippen molar-refractivity contribution >= 4 is 5.91 Å². The summed E-state index contributed by atoms with van der Waals surface area (Å²) in [5.74, 6) is 0.164. The number of unbranched alkanes of at least 4 members (excludes halogenated alkanes) is 1. The molecular formula is C13H32N2O. The van der Waals surface area contributed by atoms with Crippen molar-refractivity contribution in [3.8, 4) is 0 Å². The van der Waals surface area contributed by atoms with Crippen LogP contribution in [-0.2, 0) is 4.79 Å². The fourth-order valence-corrected chi connectivity index (χ4v) is 1.06. The van der Waals surface area contributed by atoms with E-state index < -0.39 is 0 Å². The largest absolute Gasteiger partial charge is 0.343 e. The highest BCUT2D eigenvalue weighted by atomic mass is 16.2. The zero-order valence-corrected chi connectivity index (χ0v) is 12.2. The quantitative estimate of drug-likeness (QED) is 0.765. The molecule has 3 heteroatoms. The van der Waals surface area contributed by atoms with Crippen molar-refractivity contribution in [3.63, 3.8) is 0 Å². The van der Waals surface area contributed by atoms with Gasteiger partial charge in [0.15, 0.2) is 0 Å². The second kappa shape index (κ2) is 19.9. The monoisotopic (exact) mass is 232 g/mol. The first-order valence-corrected chi connectivity index (χ1v) is 6.68. The average molecular weight is 232 g/mol. The fourth-order valence-electron chi connectivity index (χ4n) is 1.06. The summed E-state index contributed by atoms with van der Waals surface area (Å²) in [7, 11) is 0. The summed E-state index contributed by atoms with van der Waals surface area (Å²) in [4.78, 5) is 12.9. The molecule has 1 amide bonds. The van der Waals surface area contributed by atoms with Gasteiger partial charge in [0.2, 0.25) is 5.91 Å². The van der Waals surface area contributed by atoms with E-state index in [2.05, 4.69) is 6.92 Å². The van der Waals surface area contributed by atoms with E-state index in [1.54, 1.807) is 6.92 Å². The van der Waals surface area contributed by atoms with Crippen LogP contribution in [0.25, 0.3) is 0 Å². The van der Waals surface area contributed by atoms with E-state index in [9.17, 15) is 4.79 Å². The van der Waals surface area contributed by atoms with Gasteiger partial charge in [0.25, 0.3) is 0 Å². The minimum atomic E-state index is 0.164. The van der Waals surface area contributed by atoms with Crippen molar-refractivity contribution in [2.45, 2.75) is 60.8 Å². The zero-order chi connectivity index (χ0) is 13.4. The molecule has 0 bridgehead atoms. The number of hydrogen-bond acceptors (Lipinski definition) is 2. The van der Waals surface area contributed by atoms with Gasteiger partial charge in [-0.25, -0.2) is 0 Å². The van der Waals surface area contributed by atoms with E-state index in [0.717, 1.165) is 32.4 Å². The smallest absolute Gasteiger partial charge is 0.219 e. The topological polar surface area (TPSA) is 46.3 Å². The highest BCUT2D eigenvalue weighted by Crippen LogP contribution is 1.96. The highest BCUT2D eigenvalue weighted by molar-refractivity contribution is 5.73. The van der Waals surface area contributed by atoms with Crippen LogP contribution in [0.2, 0.25) is 0 Å². The number of carbonyl (C=O) groups excluding carboxylic acids is 1. The van der Waals surface area contributed by atoms with Gasteiger partial charge in [0.05, 0.1) is 0 Å². The first-order chi connectivity index (χ1) is 7.72. The molecule has 0 aromatic carbocycles. The lowest BCUT2D eigenvalue weighted by molar-refractivity contribution is -0.128. The molecule has 0 heterocycles. The van der Waals surface area contributed by atoms with Gasteiger partial charge >= 0.3 is 0 Å². The van der Waals surface area contributed by atoms with Gasteiger partial charge in [-0.3, -0.25) is 4.79 Å². The second-order valence-corrected chi connectivity index (χ2v) is 3.00. The van der Waals surface area contributed by atoms with E-state index in [0.29, 0.717) is 6.54 Å². The number of carbonyl (C=O) groups is 1. The van der Waals surface area contributed by atoms with Gasteiger partial charge in [0, 0.05) is 20.0 Å². The van der Waals surface area contributed by atoms with Crippen LogP contribution in [0.1, 0.15) is 60.8 Å². The van der Waals surface area contributed by atoms with Crippen LogP contribution in [0.5, 0.6) is 0 Å². The normalized spacial score (nSPS) is 8.19. The van der Waals surface area contributed by atoms with E-state index in [4.69, 9.17) is 5.73 Å². The molecule has 0 saturated heterocycles. The van der Waals surface area contributed by atoms with E-state index in [1.807, 2.05) is 32.6 Å². The molecule has 3 nitrogen and oxygen atoms in total. The van der Waals surface area contributed by atoms with Crippen molar-refractivity contribution in [2.75, 3.05) is 19.6 Å². The van der Waals surface area contributed by atoms with Crippen molar-refractivity contribution < 1.29 is 4.79 Å². The molecule has 0 aliphatic carbocycles. The molecule has 0 radical (unpaired) electrons. The standard InChI is InChI=1S/C9H20N2O.2C2H6/c1-3-4-7-11(9(2)12)8-5-6-10;2*1-2/h3-8,10H2,1-2H3;2*1-2H3. The van der Waals surface area contributed by atoms with Crippen molar-refractivity contribution in [2.24, 2.45) is 5.73 Å². The predicted molar refractivity (Wildman–Crippen MR) is 73.5 cm³/mol. The Balaban J connectivity index is -0.000000376. The van der Waals surface area contributed by atoms with Crippen LogP contribution in [0.15, 0.2) is 0 Å². The Bertz CT molecular complexity index is 119. The minimum absolute atomic E-state index is 0.164. The van der Waals surface area contributed by atoms with E-state index in [1.165, 1.54) is 0 Å². The van der Waals surface area contributed by atoms with Crippen LogP contribution in [-0.4, -0.2) is 30.4 Å². The van der Waals surface area contributed by atoms with Crippen molar-refractivity contribution in [3.05, 3.63) is 0 Å². The molecule has 0 atom stereocenters. The highest BCUT2D eigenvalue weighted by Gasteiger charge is 2.05. The van der Waals surface area contributed by atoms with Gasteiger partial charge in [0.1, 0.15) is 0 Å². The number of nitrogens with zero attached hydrogens (tertiary/aromatic N) is 1. The maximum Gasteiger partial charge on any atom is 0.219 e. The lowest BCUT2D eigenvalue weighted by Crippen LogP contribution is -2.31. The van der Waals surface area contributed by atoms with Crippen molar-refractivity contribution in [1.29, 1.82) is 0 Å². The molecule has 0 aromatic heterocycles. The first-order valence-electron chi connectivity index (χ1n) is 6.68. The molecule has 16 heavy (non-hydrogen) atoms. The lowest BCUT2D eigenvalue weighted by Gasteiger charge is -2.20. The molecule has 0 saturated carbocycles. The van der Waals surface area contributed by atoms with Crippen LogP contribution in [0.3, 0.4) is 0 Å². The molecule has 0 unspecified atom stereocenters. The first kappa shape index (κ1) is 20.8. The van der Waals surface area contributed by atoms with Crippen molar-refractivity contribution in [1.82, 2.24) is 4.90 Å². The van der Waals surface area contributed by atoms with Gasteiger partial charge in [-0.15, -0.1) is 0 Å². The maximum absolute atomic E-state index is 11.0. The predicted octanol–water partition coefficient (Wildman–Crippen LogP) is 3.04. The Kier molecular flexibility index (Phi) is 25.9. The van der Waals surface area contributed by atoms with Gasteiger partial charge < -0.3 is 10.6 Å². The Labute approximate surface area is 102 Å². The van der Waals surface area contributed by atoms with Gasteiger partial charge in [-0.2, -0.15) is 0 Å². The third-order valence-electron chi connectivity index (χ3n) is 1.86. The number of hydrogen-bond donors (Lipinski definition) is 1. The Morgan fingerprint density at radius 1 is 1.06 bits per heavy atom. The summed E-state index contributed by atoms with van der Waals surface area (Å²) in [6.07, 6.45) is 3.12. The third-order valence-corrected chi connectivity index (χ3v) is 1.86. The molecule has 2 N–H and O–H groups in total. The summed E-state index contributed by atoms with van der Waals surface area (Å²) in [5, 5.41) is 0. The summed E-state index contributed by atoms with van der Waals surface area (Å²) >= 11 is 0. The summed E-state index contributed by atoms with van der Waals surface area (Å²) in [5.41, 5.74) is 5.37. The van der Waals surface area contributed by atoms with E-state index >= 15 is 0 Å². The summed E-state index contributed by atoms with van der Waals surface area (Å²) in [6, 6.07) is 0. The Hall–Kier alpha value is -0.570. The second-order valence-electron chi connectivity index (χ2n) is 3.00. The fraction of sp³-hybridized carbons (Fsp3) is 0.923. The Morgan fingerprint density at radius 3 is 1.81 bits per heavy atom. The number of nitrogens with two attached hydrogens (primary N) is 1. The molecule has 0 aromatic rings. The summed E-state index contributed by atoms with van der Waals surface area (Å²) in [6.45, 7) is 14.1. The molecule has 0 rings (SSSR count). The lowest BCUT2D eigenvalue weighted by atomic mass is 10.3. The molecule has 0 spiro atoms. The SMILES string of the molecule is CC.CC.CCCCN(CCCN)C(C)=O. The van der Waals surface area contributed by atoms with Crippen LogP contribution >= 0.6 is 0 Å². The third kappa shape index (κ3) is 15.9. The zero-order valence-electron chi connectivity index (χ0n) is 12.2. The summed E-state index contributed by atoms with van der Waals surface area (Å²) < 4.78 is 0. The molecule has 0 fully saturated rings. The molecule has 0 aliphatic rings. The molecule has 0 aliphatic heterocycles. The van der Waals surface area contributed by atoms with Gasteiger partial charge in [-0.1, -0.05) is 41.0 Å². The van der Waals surface area contributed by atoms with Crippen LogP contribution in [0, 0.1) is 0 Å². The maximum atomic E-state index is 11.0. The molecule has 100 valence electrons. The van der Waals surface area contributed by atoms with Crippen LogP contribution in [0.4, 0.5) is 0 Å². The number of amides is 1. The number of rotatable bonds is 6.